The topological polar surface area (TPSA) is 68.0 Å². The summed E-state index contributed by atoms with van der Waals surface area (Å²) in [6, 6.07) is 5.24. The molecule has 0 aliphatic rings. The van der Waals surface area contributed by atoms with Gasteiger partial charge in [-0.2, -0.15) is 0 Å². The minimum absolute atomic E-state index is 0.157. The average Bonchev–Trinajstić information content (AvgIpc) is 2.79. The monoisotopic (exact) mass is 305 g/mol. The normalized spacial score (nSPS) is 13.7. The molecule has 0 fully saturated rings. The summed E-state index contributed by atoms with van der Waals surface area (Å²) < 4.78 is 1.08. The lowest BCUT2D eigenvalue weighted by Gasteiger charge is -2.25. The SMILES string of the molecule is CC(C)c1nc2ccc(NC(=O)[C@@H](N)C(C)(C)C)cc2s1. The van der Waals surface area contributed by atoms with Crippen molar-refractivity contribution in [3.8, 4) is 0 Å². The Morgan fingerprint density at radius 1 is 1.33 bits per heavy atom. The van der Waals surface area contributed by atoms with Crippen LogP contribution in [0.4, 0.5) is 5.69 Å². The van der Waals surface area contributed by atoms with E-state index < -0.39 is 6.04 Å². The Morgan fingerprint density at radius 3 is 2.57 bits per heavy atom. The maximum Gasteiger partial charge on any atom is 0.241 e. The number of carbonyl (C=O) groups excluding carboxylic acids is 1. The summed E-state index contributed by atoms with van der Waals surface area (Å²) in [5, 5.41) is 4.00. The number of thiazole rings is 1. The zero-order valence-corrected chi connectivity index (χ0v) is 14.0. The first-order chi connectivity index (χ1) is 9.68. The lowest BCUT2D eigenvalue weighted by Crippen LogP contribution is -2.45. The highest BCUT2D eigenvalue weighted by Crippen LogP contribution is 2.29. The van der Waals surface area contributed by atoms with Gasteiger partial charge in [0.25, 0.3) is 0 Å². The molecule has 5 heteroatoms. The lowest BCUT2D eigenvalue weighted by atomic mass is 9.87. The van der Waals surface area contributed by atoms with E-state index in [0.717, 1.165) is 20.9 Å². The highest BCUT2D eigenvalue weighted by molar-refractivity contribution is 7.18. The van der Waals surface area contributed by atoms with Crippen molar-refractivity contribution in [3.05, 3.63) is 23.2 Å². The van der Waals surface area contributed by atoms with E-state index in [1.165, 1.54) is 0 Å². The molecule has 1 heterocycles. The van der Waals surface area contributed by atoms with Crippen LogP contribution in [-0.4, -0.2) is 16.9 Å². The van der Waals surface area contributed by atoms with Gasteiger partial charge in [-0.1, -0.05) is 34.6 Å². The van der Waals surface area contributed by atoms with Crippen LogP contribution >= 0.6 is 11.3 Å². The second-order valence-electron chi connectivity index (χ2n) is 6.72. The van der Waals surface area contributed by atoms with Gasteiger partial charge in [0, 0.05) is 11.6 Å². The van der Waals surface area contributed by atoms with Crippen LogP contribution in [0.15, 0.2) is 18.2 Å². The van der Waals surface area contributed by atoms with Crippen molar-refractivity contribution in [1.29, 1.82) is 0 Å². The molecule has 1 atom stereocenters. The molecule has 0 bridgehead atoms. The van der Waals surface area contributed by atoms with Crippen molar-refractivity contribution in [1.82, 2.24) is 4.98 Å². The number of amides is 1. The molecule has 2 rings (SSSR count). The Morgan fingerprint density at radius 2 is 2.00 bits per heavy atom. The summed E-state index contributed by atoms with van der Waals surface area (Å²) in [6.45, 7) is 10.1. The van der Waals surface area contributed by atoms with E-state index >= 15 is 0 Å². The van der Waals surface area contributed by atoms with Gasteiger partial charge in [0.2, 0.25) is 5.91 Å². The van der Waals surface area contributed by atoms with Gasteiger partial charge in [-0.15, -0.1) is 11.3 Å². The molecular formula is C16H23N3OS. The third-order valence-corrected chi connectivity index (χ3v) is 4.70. The van der Waals surface area contributed by atoms with E-state index in [-0.39, 0.29) is 11.3 Å². The van der Waals surface area contributed by atoms with Gasteiger partial charge in [-0.3, -0.25) is 4.79 Å². The Labute approximate surface area is 129 Å². The fourth-order valence-corrected chi connectivity index (χ4v) is 2.89. The summed E-state index contributed by atoms with van der Waals surface area (Å²) in [4.78, 5) is 16.7. The number of benzene rings is 1. The number of hydrogen-bond acceptors (Lipinski definition) is 4. The molecule has 21 heavy (non-hydrogen) atoms. The van der Waals surface area contributed by atoms with Crippen molar-refractivity contribution in [2.45, 2.75) is 46.6 Å². The van der Waals surface area contributed by atoms with E-state index in [4.69, 9.17) is 5.73 Å². The van der Waals surface area contributed by atoms with Crippen LogP contribution in [0.25, 0.3) is 10.2 Å². The Kier molecular flexibility index (Phi) is 4.35. The van der Waals surface area contributed by atoms with E-state index in [2.05, 4.69) is 24.1 Å². The summed E-state index contributed by atoms with van der Waals surface area (Å²) in [6.07, 6.45) is 0. The van der Waals surface area contributed by atoms with Crippen LogP contribution in [0.3, 0.4) is 0 Å². The molecule has 0 spiro atoms. The molecular weight excluding hydrogens is 282 g/mol. The lowest BCUT2D eigenvalue weighted by molar-refractivity contribution is -0.119. The fourth-order valence-electron chi connectivity index (χ4n) is 1.88. The van der Waals surface area contributed by atoms with Gasteiger partial charge < -0.3 is 11.1 Å². The second kappa shape index (κ2) is 5.73. The quantitative estimate of drug-likeness (QED) is 0.908. The molecule has 2 aromatic rings. The zero-order chi connectivity index (χ0) is 15.8. The van der Waals surface area contributed by atoms with Crippen molar-refractivity contribution in [3.63, 3.8) is 0 Å². The Balaban J connectivity index is 2.21. The zero-order valence-electron chi connectivity index (χ0n) is 13.2. The van der Waals surface area contributed by atoms with Gasteiger partial charge in [0.05, 0.1) is 21.3 Å². The number of nitrogens with one attached hydrogen (secondary N) is 1. The van der Waals surface area contributed by atoms with E-state index in [0.29, 0.717) is 5.92 Å². The van der Waals surface area contributed by atoms with Crippen molar-refractivity contribution < 1.29 is 4.79 Å². The molecule has 0 saturated carbocycles. The molecule has 0 saturated heterocycles. The summed E-state index contributed by atoms with van der Waals surface area (Å²) in [5.74, 6) is 0.255. The third kappa shape index (κ3) is 3.60. The smallest absolute Gasteiger partial charge is 0.241 e. The van der Waals surface area contributed by atoms with E-state index in [1.54, 1.807) is 11.3 Å². The van der Waals surface area contributed by atoms with Crippen LogP contribution in [0, 0.1) is 5.41 Å². The average molecular weight is 305 g/mol. The maximum atomic E-state index is 12.2. The first-order valence-electron chi connectivity index (χ1n) is 7.15. The van der Waals surface area contributed by atoms with Crippen molar-refractivity contribution >= 4 is 33.1 Å². The molecule has 1 amide bonds. The first kappa shape index (κ1) is 15.9. The maximum absolute atomic E-state index is 12.2. The summed E-state index contributed by atoms with van der Waals surface area (Å²) in [7, 11) is 0. The number of rotatable bonds is 3. The minimum atomic E-state index is -0.541. The number of nitrogens with two attached hydrogens (primary N) is 1. The van der Waals surface area contributed by atoms with E-state index in [9.17, 15) is 4.79 Å². The molecule has 0 aliphatic carbocycles. The second-order valence-corrected chi connectivity index (χ2v) is 7.78. The molecule has 1 aromatic heterocycles. The van der Waals surface area contributed by atoms with Crippen molar-refractivity contribution in [2.24, 2.45) is 11.1 Å². The fraction of sp³-hybridized carbons (Fsp3) is 0.500. The predicted molar refractivity (Wildman–Crippen MR) is 89.8 cm³/mol. The largest absolute Gasteiger partial charge is 0.325 e. The molecule has 3 N–H and O–H groups in total. The minimum Gasteiger partial charge on any atom is -0.325 e. The molecule has 0 unspecified atom stereocenters. The highest BCUT2D eigenvalue weighted by Gasteiger charge is 2.27. The third-order valence-electron chi connectivity index (χ3n) is 3.38. The number of hydrogen-bond donors (Lipinski definition) is 2. The Hall–Kier alpha value is -1.46. The van der Waals surface area contributed by atoms with Gasteiger partial charge >= 0.3 is 0 Å². The van der Waals surface area contributed by atoms with Crippen LogP contribution < -0.4 is 11.1 Å². The van der Waals surface area contributed by atoms with Crippen molar-refractivity contribution in [2.75, 3.05) is 5.32 Å². The summed E-state index contributed by atoms with van der Waals surface area (Å²) in [5.41, 5.74) is 7.46. The van der Waals surface area contributed by atoms with Crippen LogP contribution in [0.5, 0.6) is 0 Å². The number of nitrogens with zero attached hydrogens (tertiary/aromatic N) is 1. The van der Waals surface area contributed by atoms with Crippen LogP contribution in [-0.2, 0) is 4.79 Å². The highest BCUT2D eigenvalue weighted by atomic mass is 32.1. The number of aromatic nitrogens is 1. The van der Waals surface area contributed by atoms with Crippen LogP contribution in [0.2, 0.25) is 0 Å². The number of fused-ring (bicyclic) bond motifs is 1. The molecule has 0 aliphatic heterocycles. The van der Waals surface area contributed by atoms with Gasteiger partial charge in [0.15, 0.2) is 0 Å². The predicted octanol–water partition coefficient (Wildman–Crippen LogP) is 3.73. The molecule has 1 aromatic carbocycles. The van der Waals surface area contributed by atoms with Gasteiger partial charge in [-0.05, 0) is 23.6 Å². The number of carbonyl (C=O) groups is 1. The van der Waals surface area contributed by atoms with Crippen LogP contribution in [0.1, 0.15) is 45.5 Å². The van der Waals surface area contributed by atoms with Gasteiger partial charge in [0.1, 0.15) is 0 Å². The van der Waals surface area contributed by atoms with E-state index in [1.807, 2.05) is 39.0 Å². The number of anilines is 1. The standard InChI is InChI=1S/C16H23N3OS/c1-9(2)15-19-11-7-6-10(8-12(11)21-15)18-14(20)13(17)16(3,4)5/h6-9,13H,17H2,1-5H3,(H,18,20)/t13-/m1/s1. The molecule has 4 nitrogen and oxygen atoms in total. The summed E-state index contributed by atoms with van der Waals surface area (Å²) >= 11 is 1.67. The molecule has 0 radical (unpaired) electrons. The van der Waals surface area contributed by atoms with Gasteiger partial charge in [-0.25, -0.2) is 4.98 Å². The first-order valence-corrected chi connectivity index (χ1v) is 7.97. The Bertz CT molecular complexity index is 655. The molecule has 114 valence electrons.